The third kappa shape index (κ3) is 2.88. The van der Waals surface area contributed by atoms with Gasteiger partial charge in [-0.25, -0.2) is 4.98 Å². The maximum absolute atomic E-state index is 4.54. The van der Waals surface area contributed by atoms with Gasteiger partial charge in [-0.15, -0.1) is 11.3 Å². The molecule has 0 fully saturated rings. The second-order valence-electron chi connectivity index (χ2n) is 4.81. The summed E-state index contributed by atoms with van der Waals surface area (Å²) in [5.74, 6) is 1.36. The predicted molar refractivity (Wildman–Crippen MR) is 77.0 cm³/mol. The number of aromatic nitrogens is 2. The van der Waals surface area contributed by atoms with Gasteiger partial charge in [-0.2, -0.15) is 0 Å². The average molecular weight is 261 g/mol. The molecule has 96 valence electrons. The van der Waals surface area contributed by atoms with Crippen molar-refractivity contribution in [2.75, 3.05) is 5.32 Å². The number of thiophene rings is 1. The molecule has 18 heavy (non-hydrogen) atoms. The molecule has 0 radical (unpaired) electrons. The van der Waals surface area contributed by atoms with E-state index in [4.69, 9.17) is 0 Å². The van der Waals surface area contributed by atoms with Crippen LogP contribution >= 0.6 is 11.3 Å². The van der Waals surface area contributed by atoms with Crippen LogP contribution in [0.4, 0.5) is 5.82 Å². The Kier molecular flexibility index (Phi) is 3.97. The van der Waals surface area contributed by atoms with Crippen LogP contribution in [0.2, 0.25) is 0 Å². The van der Waals surface area contributed by atoms with E-state index < -0.39 is 0 Å². The van der Waals surface area contributed by atoms with Crippen molar-refractivity contribution >= 4 is 17.2 Å². The van der Waals surface area contributed by atoms with E-state index in [1.54, 1.807) is 11.3 Å². The fourth-order valence-corrected chi connectivity index (χ4v) is 2.75. The smallest absolute Gasteiger partial charge is 0.145 e. The van der Waals surface area contributed by atoms with E-state index in [2.05, 4.69) is 46.6 Å². The van der Waals surface area contributed by atoms with Gasteiger partial charge in [-0.05, 0) is 31.2 Å². The molecule has 1 atom stereocenters. The van der Waals surface area contributed by atoms with Crippen molar-refractivity contribution in [3.8, 4) is 0 Å². The van der Waals surface area contributed by atoms with E-state index in [0.29, 0.717) is 12.0 Å². The van der Waals surface area contributed by atoms with Crippen LogP contribution < -0.4 is 5.32 Å². The van der Waals surface area contributed by atoms with Gasteiger partial charge in [-0.3, -0.25) is 4.98 Å². The molecule has 3 nitrogen and oxygen atoms in total. The first-order valence-corrected chi connectivity index (χ1v) is 7.06. The number of aryl methyl sites for hydroxylation is 2. The molecule has 0 aliphatic rings. The Labute approximate surface area is 112 Å². The van der Waals surface area contributed by atoms with Gasteiger partial charge in [-0.1, -0.05) is 19.9 Å². The molecule has 2 aromatic rings. The molecule has 2 aromatic heterocycles. The van der Waals surface area contributed by atoms with E-state index in [1.807, 2.05) is 20.0 Å². The molecule has 0 saturated carbocycles. The fourth-order valence-electron chi connectivity index (χ4n) is 1.81. The molecule has 0 amide bonds. The molecule has 0 aromatic carbocycles. The maximum atomic E-state index is 4.54. The quantitative estimate of drug-likeness (QED) is 0.905. The molecule has 0 bridgehead atoms. The Morgan fingerprint density at radius 1 is 1.22 bits per heavy atom. The SMILES string of the molecule is Cc1ncc(NC(c2cccs2)C(C)C)nc1C. The first-order valence-electron chi connectivity index (χ1n) is 6.18. The van der Waals surface area contributed by atoms with Gasteiger partial charge in [0, 0.05) is 4.88 Å². The van der Waals surface area contributed by atoms with Crippen LogP contribution in [0.3, 0.4) is 0 Å². The van der Waals surface area contributed by atoms with Crippen LogP contribution in [-0.4, -0.2) is 9.97 Å². The van der Waals surface area contributed by atoms with E-state index in [-0.39, 0.29) is 0 Å². The van der Waals surface area contributed by atoms with E-state index >= 15 is 0 Å². The van der Waals surface area contributed by atoms with Crippen LogP contribution in [0.15, 0.2) is 23.7 Å². The lowest BCUT2D eigenvalue weighted by Gasteiger charge is -2.22. The van der Waals surface area contributed by atoms with Crippen LogP contribution in [0, 0.1) is 19.8 Å². The van der Waals surface area contributed by atoms with Gasteiger partial charge in [0.25, 0.3) is 0 Å². The third-order valence-electron chi connectivity index (χ3n) is 3.01. The number of nitrogens with zero attached hydrogens (tertiary/aromatic N) is 2. The third-order valence-corrected chi connectivity index (χ3v) is 3.97. The summed E-state index contributed by atoms with van der Waals surface area (Å²) in [5.41, 5.74) is 1.96. The molecule has 0 spiro atoms. The Balaban J connectivity index is 2.21. The molecule has 4 heteroatoms. The maximum Gasteiger partial charge on any atom is 0.145 e. The minimum Gasteiger partial charge on any atom is -0.361 e. The highest BCUT2D eigenvalue weighted by atomic mass is 32.1. The van der Waals surface area contributed by atoms with Crippen LogP contribution in [0.5, 0.6) is 0 Å². The predicted octanol–water partition coefficient (Wildman–Crippen LogP) is 3.96. The summed E-state index contributed by atoms with van der Waals surface area (Å²) in [5, 5.41) is 5.60. The zero-order valence-electron chi connectivity index (χ0n) is 11.3. The minimum absolute atomic E-state index is 0.293. The van der Waals surface area contributed by atoms with Crippen molar-refractivity contribution in [1.29, 1.82) is 0 Å². The standard InChI is InChI=1S/C14H19N3S/c1-9(2)14(12-6-5-7-18-12)17-13-8-15-10(3)11(4)16-13/h5-9,14H,1-4H3,(H,16,17). The molecule has 1 N–H and O–H groups in total. The normalized spacial score (nSPS) is 12.7. The first-order chi connectivity index (χ1) is 8.58. The Hall–Kier alpha value is -1.42. The van der Waals surface area contributed by atoms with Gasteiger partial charge < -0.3 is 5.32 Å². The van der Waals surface area contributed by atoms with Crippen LogP contribution in [-0.2, 0) is 0 Å². The average Bonchev–Trinajstić information content (AvgIpc) is 2.83. The van der Waals surface area contributed by atoms with Gasteiger partial charge in [0.05, 0.1) is 23.6 Å². The van der Waals surface area contributed by atoms with Crippen molar-refractivity contribution in [3.63, 3.8) is 0 Å². The Morgan fingerprint density at radius 2 is 2.00 bits per heavy atom. The van der Waals surface area contributed by atoms with Crippen molar-refractivity contribution < 1.29 is 0 Å². The van der Waals surface area contributed by atoms with E-state index in [1.165, 1.54) is 4.88 Å². The van der Waals surface area contributed by atoms with Crippen molar-refractivity contribution in [1.82, 2.24) is 9.97 Å². The molecule has 0 aliphatic carbocycles. The lowest BCUT2D eigenvalue weighted by Crippen LogP contribution is -2.17. The molecule has 2 rings (SSSR count). The monoisotopic (exact) mass is 261 g/mol. The molecular weight excluding hydrogens is 242 g/mol. The summed E-state index contributed by atoms with van der Waals surface area (Å²) in [7, 11) is 0. The highest BCUT2D eigenvalue weighted by molar-refractivity contribution is 7.10. The van der Waals surface area contributed by atoms with Gasteiger partial charge in [0.1, 0.15) is 5.82 Å². The summed E-state index contributed by atoms with van der Waals surface area (Å²) in [4.78, 5) is 10.2. The van der Waals surface area contributed by atoms with Crippen LogP contribution in [0.25, 0.3) is 0 Å². The number of anilines is 1. The van der Waals surface area contributed by atoms with Gasteiger partial charge in [0.2, 0.25) is 0 Å². The molecule has 2 heterocycles. The number of hydrogen-bond donors (Lipinski definition) is 1. The minimum atomic E-state index is 0.293. The zero-order chi connectivity index (χ0) is 13.1. The van der Waals surface area contributed by atoms with Crippen molar-refractivity contribution in [2.24, 2.45) is 5.92 Å². The lowest BCUT2D eigenvalue weighted by molar-refractivity contribution is 0.551. The highest BCUT2D eigenvalue weighted by Gasteiger charge is 2.17. The molecular formula is C14H19N3S. The van der Waals surface area contributed by atoms with Crippen molar-refractivity contribution in [2.45, 2.75) is 33.7 Å². The fraction of sp³-hybridized carbons (Fsp3) is 0.429. The second kappa shape index (κ2) is 5.48. The molecule has 0 aliphatic heterocycles. The first kappa shape index (κ1) is 13.0. The topological polar surface area (TPSA) is 37.8 Å². The summed E-state index contributed by atoms with van der Waals surface area (Å²) in [6.45, 7) is 8.39. The highest BCUT2D eigenvalue weighted by Crippen LogP contribution is 2.28. The zero-order valence-corrected chi connectivity index (χ0v) is 12.1. The van der Waals surface area contributed by atoms with E-state index in [0.717, 1.165) is 17.2 Å². The van der Waals surface area contributed by atoms with Gasteiger partial charge in [0.15, 0.2) is 0 Å². The number of hydrogen-bond acceptors (Lipinski definition) is 4. The Morgan fingerprint density at radius 3 is 2.56 bits per heavy atom. The molecule has 0 saturated heterocycles. The van der Waals surface area contributed by atoms with Crippen LogP contribution in [0.1, 0.15) is 36.2 Å². The summed E-state index contributed by atoms with van der Waals surface area (Å²) < 4.78 is 0. The Bertz CT molecular complexity index is 506. The second-order valence-corrected chi connectivity index (χ2v) is 5.79. The van der Waals surface area contributed by atoms with Crippen molar-refractivity contribution in [3.05, 3.63) is 40.0 Å². The summed E-state index contributed by atoms with van der Waals surface area (Å²) in [6.07, 6.45) is 1.81. The largest absolute Gasteiger partial charge is 0.361 e. The van der Waals surface area contributed by atoms with E-state index in [9.17, 15) is 0 Å². The number of rotatable bonds is 4. The number of nitrogens with one attached hydrogen (secondary N) is 1. The lowest BCUT2D eigenvalue weighted by atomic mass is 10.0. The summed E-state index contributed by atoms with van der Waals surface area (Å²) >= 11 is 1.78. The molecule has 1 unspecified atom stereocenters. The van der Waals surface area contributed by atoms with Gasteiger partial charge >= 0.3 is 0 Å². The summed E-state index contributed by atoms with van der Waals surface area (Å²) in [6, 6.07) is 4.54.